The molecule has 1 fully saturated rings. The predicted molar refractivity (Wildman–Crippen MR) is 81.3 cm³/mol. The van der Waals surface area contributed by atoms with Crippen LogP contribution < -0.4 is 4.90 Å². The van der Waals surface area contributed by atoms with Gasteiger partial charge in [0.15, 0.2) is 0 Å². The summed E-state index contributed by atoms with van der Waals surface area (Å²) in [5.74, 6) is 1.94. The third-order valence-electron chi connectivity index (χ3n) is 3.28. The van der Waals surface area contributed by atoms with Crippen LogP contribution in [0.15, 0.2) is 29.2 Å². The molecule has 106 valence electrons. The molecule has 20 heavy (non-hydrogen) atoms. The Bertz CT molecular complexity index is 529. The van der Waals surface area contributed by atoms with Crippen molar-refractivity contribution in [3.63, 3.8) is 0 Å². The summed E-state index contributed by atoms with van der Waals surface area (Å²) in [6, 6.07) is 7.66. The first kappa shape index (κ1) is 13.8. The Morgan fingerprint density at radius 2 is 2.25 bits per heavy atom. The zero-order chi connectivity index (χ0) is 13.9. The third-order valence-corrected chi connectivity index (χ3v) is 5.46. The number of benzene rings is 1. The van der Waals surface area contributed by atoms with E-state index in [1.165, 1.54) is 16.7 Å². The molecule has 1 aromatic rings. The zero-order valence-corrected chi connectivity index (χ0v) is 12.5. The molecule has 1 amide bonds. The van der Waals surface area contributed by atoms with Gasteiger partial charge in [0.25, 0.3) is 0 Å². The molecular weight excluding hydrogens is 294 g/mol. The standard InChI is InChI=1S/C14H15NO3S2/c16-13-9-20-12-4-2-1-3-11(12)15(13)7-14(17)18-10-5-6-19-8-10/h1-4,10H,5-9H2. The number of rotatable bonds is 3. The minimum Gasteiger partial charge on any atom is -0.460 e. The normalized spacial score (nSPS) is 21.7. The maximum absolute atomic E-state index is 12.0. The topological polar surface area (TPSA) is 46.6 Å². The maximum Gasteiger partial charge on any atom is 0.326 e. The fourth-order valence-electron chi connectivity index (χ4n) is 2.29. The highest BCUT2D eigenvalue weighted by Gasteiger charge is 2.28. The first-order chi connectivity index (χ1) is 9.74. The van der Waals surface area contributed by atoms with Crippen molar-refractivity contribution < 1.29 is 14.3 Å². The van der Waals surface area contributed by atoms with Gasteiger partial charge in [-0.25, -0.2) is 0 Å². The van der Waals surface area contributed by atoms with E-state index in [4.69, 9.17) is 4.74 Å². The average Bonchev–Trinajstić information content (AvgIpc) is 2.95. The van der Waals surface area contributed by atoms with Crippen molar-refractivity contribution in [2.24, 2.45) is 0 Å². The second-order valence-corrected chi connectivity index (χ2v) is 6.88. The Balaban J connectivity index is 1.69. The predicted octanol–water partition coefficient (Wildman–Crippen LogP) is 2.17. The number of thioether (sulfide) groups is 2. The SMILES string of the molecule is O=C(CN1C(=O)CSc2ccccc21)OC1CCSC1. The molecule has 0 bridgehead atoms. The Labute approximate surface area is 126 Å². The highest BCUT2D eigenvalue weighted by atomic mass is 32.2. The molecule has 0 radical (unpaired) electrons. The van der Waals surface area contributed by atoms with Crippen molar-refractivity contribution in [1.82, 2.24) is 0 Å². The Morgan fingerprint density at radius 3 is 3.05 bits per heavy atom. The fourth-order valence-corrected chi connectivity index (χ4v) is 4.31. The Morgan fingerprint density at radius 1 is 1.40 bits per heavy atom. The van der Waals surface area contributed by atoms with E-state index in [1.807, 2.05) is 24.3 Å². The lowest BCUT2D eigenvalue weighted by Crippen LogP contribution is -2.40. The van der Waals surface area contributed by atoms with Crippen LogP contribution in [0.5, 0.6) is 0 Å². The molecule has 0 N–H and O–H groups in total. The summed E-state index contributed by atoms with van der Waals surface area (Å²) >= 11 is 3.31. The number of carbonyl (C=O) groups is 2. The van der Waals surface area contributed by atoms with Crippen molar-refractivity contribution in [3.8, 4) is 0 Å². The third kappa shape index (κ3) is 2.96. The lowest BCUT2D eigenvalue weighted by molar-refractivity contribution is -0.146. The lowest BCUT2D eigenvalue weighted by Gasteiger charge is -2.28. The summed E-state index contributed by atoms with van der Waals surface area (Å²) in [4.78, 5) is 26.6. The molecule has 1 unspecified atom stereocenters. The van der Waals surface area contributed by atoms with Gasteiger partial charge in [-0.05, 0) is 24.3 Å². The average molecular weight is 309 g/mol. The maximum atomic E-state index is 12.0. The first-order valence-electron chi connectivity index (χ1n) is 6.53. The fraction of sp³-hybridized carbons (Fsp3) is 0.429. The molecule has 1 aromatic carbocycles. The summed E-state index contributed by atoms with van der Waals surface area (Å²) < 4.78 is 5.42. The van der Waals surface area contributed by atoms with Gasteiger partial charge in [0.2, 0.25) is 5.91 Å². The van der Waals surface area contributed by atoms with Crippen LogP contribution in [0.3, 0.4) is 0 Å². The summed E-state index contributed by atoms with van der Waals surface area (Å²) in [6.07, 6.45) is 0.925. The van der Waals surface area contributed by atoms with Gasteiger partial charge < -0.3 is 4.74 Å². The molecule has 6 heteroatoms. The summed E-state index contributed by atoms with van der Waals surface area (Å²) in [5.41, 5.74) is 0.812. The van der Waals surface area contributed by atoms with Crippen molar-refractivity contribution in [1.29, 1.82) is 0 Å². The van der Waals surface area contributed by atoms with Crippen molar-refractivity contribution in [2.45, 2.75) is 17.4 Å². The van der Waals surface area contributed by atoms with Crippen LogP contribution in [0.4, 0.5) is 5.69 Å². The van der Waals surface area contributed by atoms with E-state index < -0.39 is 0 Å². The second-order valence-electron chi connectivity index (χ2n) is 4.71. The van der Waals surface area contributed by atoms with E-state index in [1.54, 1.807) is 11.8 Å². The van der Waals surface area contributed by atoms with Crippen LogP contribution in [0.2, 0.25) is 0 Å². The van der Waals surface area contributed by atoms with Crippen molar-refractivity contribution in [2.75, 3.05) is 28.7 Å². The van der Waals surface area contributed by atoms with E-state index in [0.29, 0.717) is 5.75 Å². The number of hydrogen-bond acceptors (Lipinski definition) is 5. The Kier molecular flexibility index (Phi) is 4.21. The van der Waals surface area contributed by atoms with Gasteiger partial charge in [-0.15, -0.1) is 11.8 Å². The number of anilines is 1. The molecule has 3 rings (SSSR count). The van der Waals surface area contributed by atoms with E-state index in [0.717, 1.165) is 28.5 Å². The van der Waals surface area contributed by atoms with Crippen LogP contribution >= 0.6 is 23.5 Å². The molecule has 1 saturated heterocycles. The van der Waals surface area contributed by atoms with Crippen LogP contribution in [-0.4, -0.2) is 41.8 Å². The first-order valence-corrected chi connectivity index (χ1v) is 8.67. The second kappa shape index (κ2) is 6.10. The van der Waals surface area contributed by atoms with Gasteiger partial charge >= 0.3 is 5.97 Å². The molecule has 0 aromatic heterocycles. The number of esters is 1. The van der Waals surface area contributed by atoms with E-state index in [9.17, 15) is 9.59 Å². The van der Waals surface area contributed by atoms with Gasteiger partial charge in [-0.2, -0.15) is 11.8 Å². The van der Waals surface area contributed by atoms with Gasteiger partial charge in [0, 0.05) is 10.6 Å². The molecule has 0 spiro atoms. The van der Waals surface area contributed by atoms with Crippen molar-refractivity contribution >= 4 is 41.1 Å². The highest BCUT2D eigenvalue weighted by Crippen LogP contribution is 2.34. The zero-order valence-electron chi connectivity index (χ0n) is 10.9. The van der Waals surface area contributed by atoms with Gasteiger partial charge in [-0.1, -0.05) is 12.1 Å². The van der Waals surface area contributed by atoms with Gasteiger partial charge in [-0.3, -0.25) is 14.5 Å². The number of carbonyl (C=O) groups excluding carboxylic acids is 2. The van der Waals surface area contributed by atoms with Gasteiger partial charge in [0.05, 0.1) is 11.4 Å². The van der Waals surface area contributed by atoms with Crippen molar-refractivity contribution in [3.05, 3.63) is 24.3 Å². The molecule has 1 atom stereocenters. The molecule has 4 nitrogen and oxygen atoms in total. The Hall–Kier alpha value is -1.14. The van der Waals surface area contributed by atoms with Gasteiger partial charge in [0.1, 0.15) is 12.6 Å². The molecule has 2 aliphatic heterocycles. The minimum absolute atomic E-state index is 0.0111. The van der Waals surface area contributed by atoms with Crippen LogP contribution in [0.1, 0.15) is 6.42 Å². The number of amides is 1. The quantitative estimate of drug-likeness (QED) is 0.801. The number of fused-ring (bicyclic) bond motifs is 1. The van der Waals surface area contributed by atoms with E-state index >= 15 is 0 Å². The molecule has 2 heterocycles. The molecule has 0 saturated carbocycles. The largest absolute Gasteiger partial charge is 0.460 e. The van der Waals surface area contributed by atoms with Crippen LogP contribution in [-0.2, 0) is 14.3 Å². The smallest absolute Gasteiger partial charge is 0.326 e. The van der Waals surface area contributed by atoms with E-state index in [-0.39, 0.29) is 24.5 Å². The lowest BCUT2D eigenvalue weighted by atomic mass is 10.2. The summed E-state index contributed by atoms with van der Waals surface area (Å²) in [7, 11) is 0. The molecule has 0 aliphatic carbocycles. The number of hydrogen-bond donors (Lipinski definition) is 0. The highest BCUT2D eigenvalue weighted by molar-refractivity contribution is 8.00. The molecule has 2 aliphatic rings. The monoisotopic (exact) mass is 309 g/mol. The number of nitrogens with zero attached hydrogens (tertiary/aromatic N) is 1. The van der Waals surface area contributed by atoms with Crippen LogP contribution in [0.25, 0.3) is 0 Å². The van der Waals surface area contributed by atoms with Crippen LogP contribution in [0, 0.1) is 0 Å². The summed E-state index contributed by atoms with van der Waals surface area (Å²) in [6.45, 7) is 0.0115. The minimum atomic E-state index is -0.312. The summed E-state index contributed by atoms with van der Waals surface area (Å²) in [5, 5.41) is 0. The molecular formula is C14H15NO3S2. The van der Waals surface area contributed by atoms with E-state index in [2.05, 4.69) is 0 Å². The number of ether oxygens (including phenoxy) is 1. The number of para-hydroxylation sites is 1.